The predicted molar refractivity (Wildman–Crippen MR) is 61.9 cm³/mol. The summed E-state index contributed by atoms with van der Waals surface area (Å²) in [5.74, 6) is -0.547. The van der Waals surface area contributed by atoms with Gasteiger partial charge in [-0.2, -0.15) is 5.10 Å². The summed E-state index contributed by atoms with van der Waals surface area (Å²) in [5, 5.41) is 9.80. The van der Waals surface area contributed by atoms with Gasteiger partial charge in [0, 0.05) is 31.3 Å². The van der Waals surface area contributed by atoms with E-state index in [-0.39, 0.29) is 0 Å². The van der Waals surface area contributed by atoms with Gasteiger partial charge in [-0.1, -0.05) is 30.3 Å². The van der Waals surface area contributed by atoms with E-state index >= 15 is 0 Å². The number of hydrazone groups is 1. The van der Waals surface area contributed by atoms with Gasteiger partial charge in [0.25, 0.3) is 0 Å². The first-order chi connectivity index (χ1) is 7.92. The minimum absolute atomic E-state index is 0.547. The van der Waals surface area contributed by atoms with Crippen molar-refractivity contribution < 1.29 is 4.74 Å². The Morgan fingerprint density at radius 2 is 2.19 bits per heavy atom. The van der Waals surface area contributed by atoms with E-state index in [4.69, 9.17) is 4.74 Å². The van der Waals surface area contributed by atoms with Crippen LogP contribution in [0.25, 0.3) is 0 Å². The molecule has 1 saturated heterocycles. The van der Waals surface area contributed by atoms with Crippen molar-refractivity contribution in [3.05, 3.63) is 35.9 Å². The van der Waals surface area contributed by atoms with Crippen molar-refractivity contribution in [1.82, 2.24) is 10.3 Å². The van der Waals surface area contributed by atoms with E-state index in [9.17, 15) is 0 Å². The van der Waals surface area contributed by atoms with Crippen LogP contribution in [0.3, 0.4) is 0 Å². The number of nitrogens with zero attached hydrogens (tertiary/aromatic N) is 2. The second-order valence-electron chi connectivity index (χ2n) is 4.00. The third kappa shape index (κ3) is 1.42. The summed E-state index contributed by atoms with van der Waals surface area (Å²) in [7, 11) is 0. The number of rotatable bonds is 2. The van der Waals surface area contributed by atoms with Crippen molar-refractivity contribution in [2.24, 2.45) is 5.10 Å². The van der Waals surface area contributed by atoms with Crippen LogP contribution < -0.4 is 5.32 Å². The minimum Gasteiger partial charge on any atom is -0.336 e. The fourth-order valence-corrected chi connectivity index (χ4v) is 2.27. The Morgan fingerprint density at radius 1 is 1.31 bits per heavy atom. The normalized spacial score (nSPS) is 28.9. The van der Waals surface area contributed by atoms with Gasteiger partial charge in [-0.05, 0) is 0 Å². The Balaban J connectivity index is 1.99. The number of benzene rings is 1. The Kier molecular flexibility index (Phi) is 2.38. The number of hydrogen-bond donors (Lipinski definition) is 1. The van der Waals surface area contributed by atoms with Gasteiger partial charge < -0.3 is 4.74 Å². The van der Waals surface area contributed by atoms with Gasteiger partial charge in [0.05, 0.1) is 6.61 Å². The summed E-state index contributed by atoms with van der Waals surface area (Å²) in [5.41, 5.74) is 1.12. The average molecular weight is 217 g/mol. The summed E-state index contributed by atoms with van der Waals surface area (Å²) in [6.45, 7) is 2.49. The van der Waals surface area contributed by atoms with Gasteiger partial charge in [0.1, 0.15) is 0 Å². The zero-order chi connectivity index (χ0) is 10.8. The molecule has 0 saturated carbocycles. The molecule has 3 rings (SSSR count). The first-order valence-electron chi connectivity index (χ1n) is 5.66. The molecule has 2 aliphatic heterocycles. The first-order valence-corrected chi connectivity index (χ1v) is 5.66. The van der Waals surface area contributed by atoms with Crippen LogP contribution in [-0.2, 0) is 10.6 Å². The second kappa shape index (κ2) is 3.88. The van der Waals surface area contributed by atoms with Crippen molar-refractivity contribution in [3.63, 3.8) is 0 Å². The molecule has 1 unspecified atom stereocenters. The van der Waals surface area contributed by atoms with Crippen LogP contribution in [0.15, 0.2) is 35.4 Å². The molecule has 0 bridgehead atoms. The monoisotopic (exact) mass is 217 g/mol. The van der Waals surface area contributed by atoms with Gasteiger partial charge in [-0.15, -0.1) is 0 Å². The van der Waals surface area contributed by atoms with Crippen LogP contribution >= 0.6 is 0 Å². The van der Waals surface area contributed by atoms with E-state index in [1.807, 2.05) is 29.4 Å². The minimum atomic E-state index is -0.547. The lowest BCUT2D eigenvalue weighted by molar-refractivity contribution is -0.140. The summed E-state index contributed by atoms with van der Waals surface area (Å²) in [6, 6.07) is 10.2. The summed E-state index contributed by atoms with van der Waals surface area (Å²) in [4.78, 5) is 0. The van der Waals surface area contributed by atoms with E-state index in [0.717, 1.165) is 31.7 Å². The standard InChI is InChI=1S/C12H15N3O/c1-2-5-11(6-3-1)12(13-8-10-16-12)15-9-4-7-14-15/h1-3,5-7,13H,4,8-10H2. The fraction of sp³-hybridized carbons (Fsp3) is 0.417. The molecule has 0 radical (unpaired) electrons. The quantitative estimate of drug-likeness (QED) is 0.806. The molecule has 0 amide bonds. The van der Waals surface area contributed by atoms with E-state index < -0.39 is 5.85 Å². The van der Waals surface area contributed by atoms with Gasteiger partial charge in [-0.25, -0.2) is 5.01 Å². The Bertz CT molecular complexity index is 385. The maximum atomic E-state index is 5.91. The molecule has 16 heavy (non-hydrogen) atoms. The summed E-state index contributed by atoms with van der Waals surface area (Å²) >= 11 is 0. The summed E-state index contributed by atoms with van der Waals surface area (Å²) in [6.07, 6.45) is 2.92. The molecule has 4 nitrogen and oxygen atoms in total. The highest BCUT2D eigenvalue weighted by molar-refractivity contribution is 5.59. The van der Waals surface area contributed by atoms with Crippen molar-refractivity contribution in [2.45, 2.75) is 12.3 Å². The molecule has 1 aromatic carbocycles. The van der Waals surface area contributed by atoms with Gasteiger partial charge in [0.2, 0.25) is 5.85 Å². The number of hydrogen-bond acceptors (Lipinski definition) is 4. The number of ether oxygens (including phenoxy) is 1. The molecule has 2 heterocycles. The maximum Gasteiger partial charge on any atom is 0.240 e. The molecule has 0 aromatic heterocycles. The second-order valence-corrected chi connectivity index (χ2v) is 4.00. The van der Waals surface area contributed by atoms with Crippen LogP contribution in [-0.4, -0.2) is 30.9 Å². The lowest BCUT2D eigenvalue weighted by atomic mass is 10.1. The highest BCUT2D eigenvalue weighted by Gasteiger charge is 2.43. The SMILES string of the molecule is C1=NN(C2(c3ccccc3)NCCO2)CC1. The molecule has 1 N–H and O–H groups in total. The highest BCUT2D eigenvalue weighted by atomic mass is 16.5. The molecular weight excluding hydrogens is 202 g/mol. The smallest absolute Gasteiger partial charge is 0.240 e. The van der Waals surface area contributed by atoms with Gasteiger partial charge in [0.15, 0.2) is 0 Å². The Labute approximate surface area is 94.9 Å². The zero-order valence-electron chi connectivity index (χ0n) is 9.10. The lowest BCUT2D eigenvalue weighted by Gasteiger charge is -2.36. The van der Waals surface area contributed by atoms with E-state index in [1.165, 1.54) is 0 Å². The average Bonchev–Trinajstić information content (AvgIpc) is 3.02. The Morgan fingerprint density at radius 3 is 2.81 bits per heavy atom. The van der Waals surface area contributed by atoms with Crippen LogP contribution in [0, 0.1) is 0 Å². The van der Waals surface area contributed by atoms with Crippen LogP contribution in [0.1, 0.15) is 12.0 Å². The zero-order valence-corrected chi connectivity index (χ0v) is 9.10. The van der Waals surface area contributed by atoms with Crippen molar-refractivity contribution in [3.8, 4) is 0 Å². The Hall–Kier alpha value is -1.39. The number of nitrogens with one attached hydrogen (secondary N) is 1. The molecule has 1 fully saturated rings. The van der Waals surface area contributed by atoms with Crippen molar-refractivity contribution >= 4 is 6.21 Å². The van der Waals surface area contributed by atoms with E-state index in [1.54, 1.807) is 0 Å². The predicted octanol–water partition coefficient (Wildman–Crippen LogP) is 1.11. The largest absolute Gasteiger partial charge is 0.336 e. The van der Waals surface area contributed by atoms with Crippen LogP contribution in [0.2, 0.25) is 0 Å². The third-order valence-electron chi connectivity index (χ3n) is 3.00. The van der Waals surface area contributed by atoms with Gasteiger partial charge >= 0.3 is 0 Å². The van der Waals surface area contributed by atoms with Crippen molar-refractivity contribution in [2.75, 3.05) is 19.7 Å². The molecule has 4 heteroatoms. The molecule has 0 spiro atoms. The van der Waals surface area contributed by atoms with Crippen LogP contribution in [0.5, 0.6) is 0 Å². The highest BCUT2D eigenvalue weighted by Crippen LogP contribution is 2.31. The molecule has 2 aliphatic rings. The topological polar surface area (TPSA) is 36.9 Å². The lowest BCUT2D eigenvalue weighted by Crippen LogP contribution is -2.50. The molecule has 84 valence electrons. The fourth-order valence-electron chi connectivity index (χ4n) is 2.27. The van der Waals surface area contributed by atoms with E-state index in [2.05, 4.69) is 22.6 Å². The first kappa shape index (κ1) is 9.81. The van der Waals surface area contributed by atoms with Crippen LogP contribution in [0.4, 0.5) is 0 Å². The molecule has 1 aromatic rings. The van der Waals surface area contributed by atoms with E-state index in [0.29, 0.717) is 0 Å². The maximum absolute atomic E-state index is 5.91. The molecular formula is C12H15N3O. The summed E-state index contributed by atoms with van der Waals surface area (Å²) < 4.78 is 5.91. The molecule has 1 atom stereocenters. The molecule has 0 aliphatic carbocycles. The third-order valence-corrected chi connectivity index (χ3v) is 3.00. The van der Waals surface area contributed by atoms with Crippen molar-refractivity contribution in [1.29, 1.82) is 0 Å². The van der Waals surface area contributed by atoms with Gasteiger partial charge in [-0.3, -0.25) is 5.32 Å².